The lowest BCUT2D eigenvalue weighted by molar-refractivity contribution is 0.482. The van der Waals surface area contributed by atoms with Crippen molar-refractivity contribution in [3.8, 4) is 0 Å². The average molecular weight is 290 g/mol. The Morgan fingerprint density at radius 3 is 2.73 bits per heavy atom. The summed E-state index contributed by atoms with van der Waals surface area (Å²) in [7, 11) is 0. The van der Waals surface area contributed by atoms with Gasteiger partial charge in [0.1, 0.15) is 0 Å². The second-order valence-corrected chi connectivity index (χ2v) is 6.12. The van der Waals surface area contributed by atoms with Crippen LogP contribution in [0.4, 0.5) is 0 Å². The van der Waals surface area contributed by atoms with Gasteiger partial charge in [-0.1, -0.05) is 26.7 Å². The SMILES string of the molecule is CCCCC(NCCC)c1csc(Br)c1. The molecular weight excluding hydrogens is 270 g/mol. The summed E-state index contributed by atoms with van der Waals surface area (Å²) in [6.07, 6.45) is 5.03. The summed E-state index contributed by atoms with van der Waals surface area (Å²) in [6.45, 7) is 5.58. The first-order chi connectivity index (χ1) is 7.27. The molecule has 0 bridgehead atoms. The van der Waals surface area contributed by atoms with Crippen molar-refractivity contribution >= 4 is 27.3 Å². The highest BCUT2D eigenvalue weighted by atomic mass is 79.9. The van der Waals surface area contributed by atoms with Gasteiger partial charge in [0, 0.05) is 6.04 Å². The van der Waals surface area contributed by atoms with Crippen molar-refractivity contribution in [2.75, 3.05) is 6.54 Å². The van der Waals surface area contributed by atoms with Crippen LogP contribution in [0, 0.1) is 0 Å². The molecule has 0 aromatic carbocycles. The van der Waals surface area contributed by atoms with Gasteiger partial charge in [-0.2, -0.15) is 0 Å². The average Bonchev–Trinajstić information content (AvgIpc) is 2.65. The van der Waals surface area contributed by atoms with Crippen LogP contribution < -0.4 is 5.32 Å². The highest BCUT2D eigenvalue weighted by molar-refractivity contribution is 9.11. The van der Waals surface area contributed by atoms with E-state index in [1.807, 2.05) is 0 Å². The minimum atomic E-state index is 0.549. The van der Waals surface area contributed by atoms with Crippen LogP contribution in [0.15, 0.2) is 15.2 Å². The maximum atomic E-state index is 3.62. The van der Waals surface area contributed by atoms with Gasteiger partial charge in [0.2, 0.25) is 0 Å². The fourth-order valence-corrected chi connectivity index (χ4v) is 2.85. The van der Waals surface area contributed by atoms with Crippen LogP contribution in [0.3, 0.4) is 0 Å². The van der Waals surface area contributed by atoms with Crippen molar-refractivity contribution in [2.24, 2.45) is 0 Å². The van der Waals surface area contributed by atoms with Crippen LogP contribution >= 0.6 is 27.3 Å². The molecule has 1 atom stereocenters. The van der Waals surface area contributed by atoms with Crippen molar-refractivity contribution in [1.82, 2.24) is 5.32 Å². The maximum Gasteiger partial charge on any atom is 0.0701 e. The zero-order valence-electron chi connectivity index (χ0n) is 9.55. The molecule has 0 aliphatic heterocycles. The van der Waals surface area contributed by atoms with Crippen molar-refractivity contribution < 1.29 is 0 Å². The molecular formula is C12H20BrNS. The summed E-state index contributed by atoms with van der Waals surface area (Å²) >= 11 is 5.30. The summed E-state index contributed by atoms with van der Waals surface area (Å²) in [5.74, 6) is 0. The van der Waals surface area contributed by atoms with Gasteiger partial charge in [0.05, 0.1) is 3.79 Å². The van der Waals surface area contributed by atoms with Gasteiger partial charge in [-0.05, 0) is 52.3 Å². The first-order valence-corrected chi connectivity index (χ1v) is 7.42. The highest BCUT2D eigenvalue weighted by Gasteiger charge is 2.11. The molecule has 1 N–H and O–H groups in total. The second kappa shape index (κ2) is 7.42. The minimum absolute atomic E-state index is 0.549. The van der Waals surface area contributed by atoms with Crippen LogP contribution in [0.5, 0.6) is 0 Å². The Balaban J connectivity index is 2.54. The minimum Gasteiger partial charge on any atom is -0.310 e. The second-order valence-electron chi connectivity index (χ2n) is 3.83. The van der Waals surface area contributed by atoms with Gasteiger partial charge in [0.15, 0.2) is 0 Å². The summed E-state index contributed by atoms with van der Waals surface area (Å²) in [4.78, 5) is 0. The third kappa shape index (κ3) is 4.66. The Morgan fingerprint density at radius 1 is 1.40 bits per heavy atom. The van der Waals surface area contributed by atoms with Gasteiger partial charge in [0.25, 0.3) is 0 Å². The zero-order valence-corrected chi connectivity index (χ0v) is 12.0. The lowest BCUT2D eigenvalue weighted by atomic mass is 10.0. The Kier molecular flexibility index (Phi) is 6.53. The van der Waals surface area contributed by atoms with Crippen molar-refractivity contribution in [1.29, 1.82) is 0 Å². The first-order valence-electron chi connectivity index (χ1n) is 5.75. The topological polar surface area (TPSA) is 12.0 Å². The lowest BCUT2D eigenvalue weighted by Crippen LogP contribution is -2.21. The molecule has 1 nitrogen and oxygen atoms in total. The number of rotatable bonds is 7. The fourth-order valence-electron chi connectivity index (χ4n) is 1.62. The molecule has 0 saturated heterocycles. The van der Waals surface area contributed by atoms with Gasteiger partial charge >= 0.3 is 0 Å². The summed E-state index contributed by atoms with van der Waals surface area (Å²) in [5, 5.41) is 5.88. The van der Waals surface area contributed by atoms with E-state index in [0.29, 0.717) is 6.04 Å². The van der Waals surface area contributed by atoms with E-state index >= 15 is 0 Å². The lowest BCUT2D eigenvalue weighted by Gasteiger charge is -2.16. The smallest absolute Gasteiger partial charge is 0.0701 e. The monoisotopic (exact) mass is 289 g/mol. The van der Waals surface area contributed by atoms with Crippen molar-refractivity contribution in [3.05, 3.63) is 20.8 Å². The number of hydrogen-bond acceptors (Lipinski definition) is 2. The van der Waals surface area contributed by atoms with E-state index in [2.05, 4.69) is 46.5 Å². The first kappa shape index (κ1) is 13.2. The summed E-state index contributed by atoms with van der Waals surface area (Å²) < 4.78 is 1.23. The largest absolute Gasteiger partial charge is 0.310 e. The molecule has 15 heavy (non-hydrogen) atoms. The molecule has 0 saturated carbocycles. The van der Waals surface area contributed by atoms with E-state index in [1.165, 1.54) is 35.0 Å². The summed E-state index contributed by atoms with van der Waals surface area (Å²) in [6, 6.07) is 2.79. The van der Waals surface area contributed by atoms with Crippen LogP contribution in [-0.4, -0.2) is 6.54 Å². The normalized spacial score (nSPS) is 13.0. The van der Waals surface area contributed by atoms with E-state index in [1.54, 1.807) is 11.3 Å². The van der Waals surface area contributed by atoms with E-state index in [9.17, 15) is 0 Å². The molecule has 0 radical (unpaired) electrons. The van der Waals surface area contributed by atoms with Gasteiger partial charge in [-0.25, -0.2) is 0 Å². The Bertz CT molecular complexity index is 264. The summed E-state index contributed by atoms with van der Waals surface area (Å²) in [5.41, 5.74) is 1.44. The van der Waals surface area contributed by atoms with Crippen LogP contribution in [0.2, 0.25) is 0 Å². The number of unbranched alkanes of at least 4 members (excludes halogenated alkanes) is 1. The van der Waals surface area contributed by atoms with E-state index < -0.39 is 0 Å². The van der Waals surface area contributed by atoms with Crippen LogP contribution in [-0.2, 0) is 0 Å². The standard InChI is InChI=1S/C12H20BrNS/c1-3-5-6-11(14-7-4-2)10-8-12(13)15-9-10/h8-9,11,14H,3-7H2,1-2H3. The molecule has 1 heterocycles. The molecule has 0 aliphatic rings. The number of halogens is 1. The maximum absolute atomic E-state index is 3.62. The Hall–Kier alpha value is 0.140. The molecule has 1 aromatic heterocycles. The van der Waals surface area contributed by atoms with Gasteiger partial charge in [-0.15, -0.1) is 11.3 Å². The zero-order chi connectivity index (χ0) is 11.1. The molecule has 1 rings (SSSR count). The van der Waals surface area contributed by atoms with Crippen molar-refractivity contribution in [2.45, 2.75) is 45.6 Å². The van der Waals surface area contributed by atoms with Crippen LogP contribution in [0.25, 0.3) is 0 Å². The number of hydrogen-bond donors (Lipinski definition) is 1. The van der Waals surface area contributed by atoms with E-state index in [0.717, 1.165) is 6.54 Å². The Morgan fingerprint density at radius 2 is 2.20 bits per heavy atom. The predicted octanol–water partition coefficient (Wildman–Crippen LogP) is 4.74. The van der Waals surface area contributed by atoms with Crippen molar-refractivity contribution in [3.63, 3.8) is 0 Å². The van der Waals surface area contributed by atoms with Gasteiger partial charge < -0.3 is 5.32 Å². The quantitative estimate of drug-likeness (QED) is 0.764. The Labute approximate surface area is 105 Å². The molecule has 0 spiro atoms. The predicted molar refractivity (Wildman–Crippen MR) is 72.6 cm³/mol. The molecule has 86 valence electrons. The third-order valence-electron chi connectivity index (χ3n) is 2.48. The van der Waals surface area contributed by atoms with E-state index in [-0.39, 0.29) is 0 Å². The number of thiophene rings is 1. The van der Waals surface area contributed by atoms with Crippen LogP contribution in [0.1, 0.15) is 51.1 Å². The molecule has 1 aromatic rings. The number of nitrogens with one attached hydrogen (secondary N) is 1. The highest BCUT2D eigenvalue weighted by Crippen LogP contribution is 2.28. The van der Waals surface area contributed by atoms with Gasteiger partial charge in [-0.3, -0.25) is 0 Å². The molecule has 1 unspecified atom stereocenters. The molecule has 3 heteroatoms. The molecule has 0 fully saturated rings. The fraction of sp³-hybridized carbons (Fsp3) is 0.667. The molecule has 0 aliphatic carbocycles. The third-order valence-corrected chi connectivity index (χ3v) is 4.00. The molecule has 0 amide bonds. The van der Waals surface area contributed by atoms with E-state index in [4.69, 9.17) is 0 Å².